The molecule has 1 aliphatic heterocycles. The average molecular weight is 255 g/mol. The average Bonchev–Trinajstić information content (AvgIpc) is 2.37. The lowest BCUT2D eigenvalue weighted by atomic mass is 9.91. The van der Waals surface area contributed by atoms with Gasteiger partial charge in [0.25, 0.3) is 0 Å². The summed E-state index contributed by atoms with van der Waals surface area (Å²) in [6, 6.07) is 0.334. The normalized spacial score (nSPS) is 18.9. The summed E-state index contributed by atoms with van der Waals surface area (Å²) in [4.78, 5) is 14.5. The molecule has 0 spiro atoms. The smallest absolute Gasteiger partial charge is 0.227 e. The van der Waals surface area contributed by atoms with Crippen LogP contribution in [0.3, 0.4) is 0 Å². The molecule has 0 aromatic rings. The Morgan fingerprint density at radius 3 is 2.50 bits per heavy atom. The second-order valence-electron chi connectivity index (χ2n) is 6.03. The molecule has 1 rings (SSSR count). The summed E-state index contributed by atoms with van der Waals surface area (Å²) in [7, 11) is 0. The lowest BCUT2D eigenvalue weighted by molar-refractivity contribution is -0.129. The van der Waals surface area contributed by atoms with Crippen molar-refractivity contribution in [3.63, 3.8) is 0 Å². The zero-order chi connectivity index (χ0) is 13.6. The van der Waals surface area contributed by atoms with Crippen LogP contribution in [-0.2, 0) is 4.79 Å². The highest BCUT2D eigenvalue weighted by molar-refractivity contribution is 5.82. The van der Waals surface area contributed by atoms with Crippen molar-refractivity contribution in [1.82, 2.24) is 10.2 Å². The molecule has 0 aromatic carbocycles. The summed E-state index contributed by atoms with van der Waals surface area (Å²) in [5, 5.41) is 3.14. The number of unbranched alkanes of at least 4 members (excludes halogenated alkanes) is 1. The van der Waals surface area contributed by atoms with Gasteiger partial charge >= 0.3 is 0 Å². The highest BCUT2D eigenvalue weighted by atomic mass is 16.2. The summed E-state index contributed by atoms with van der Waals surface area (Å²) in [5.41, 5.74) is 5.18. The van der Waals surface area contributed by atoms with Crippen molar-refractivity contribution in [3.05, 3.63) is 0 Å². The fourth-order valence-corrected chi connectivity index (χ4v) is 2.16. The second kappa shape index (κ2) is 7.10. The van der Waals surface area contributed by atoms with Gasteiger partial charge in [-0.25, -0.2) is 0 Å². The largest absolute Gasteiger partial charge is 0.353 e. The number of nitrogens with zero attached hydrogens (tertiary/aromatic N) is 1. The summed E-state index contributed by atoms with van der Waals surface area (Å²) in [5.74, 6) is 0.0945. The van der Waals surface area contributed by atoms with E-state index < -0.39 is 5.41 Å². The third kappa shape index (κ3) is 4.58. The van der Waals surface area contributed by atoms with E-state index in [1.165, 1.54) is 19.4 Å². The van der Waals surface area contributed by atoms with Gasteiger partial charge in [0.2, 0.25) is 5.91 Å². The van der Waals surface area contributed by atoms with Crippen LogP contribution < -0.4 is 11.1 Å². The Morgan fingerprint density at radius 2 is 2.00 bits per heavy atom. The van der Waals surface area contributed by atoms with Crippen molar-refractivity contribution in [2.75, 3.05) is 26.2 Å². The van der Waals surface area contributed by atoms with Gasteiger partial charge in [-0.1, -0.05) is 13.3 Å². The Bertz CT molecular complexity index is 258. The molecule has 1 amide bonds. The lowest BCUT2D eigenvalue weighted by Crippen LogP contribution is -2.50. The van der Waals surface area contributed by atoms with Gasteiger partial charge in [-0.15, -0.1) is 0 Å². The zero-order valence-corrected chi connectivity index (χ0v) is 12.2. The molecule has 0 aromatic heterocycles. The summed E-state index contributed by atoms with van der Waals surface area (Å²) in [6.07, 6.45) is 4.66. The molecule has 1 saturated heterocycles. The molecule has 3 N–H and O–H groups in total. The van der Waals surface area contributed by atoms with Crippen molar-refractivity contribution in [3.8, 4) is 0 Å². The number of carbonyl (C=O) groups is 1. The molecule has 4 nitrogen and oxygen atoms in total. The van der Waals surface area contributed by atoms with Gasteiger partial charge in [0.05, 0.1) is 5.41 Å². The van der Waals surface area contributed by atoms with E-state index in [0.717, 1.165) is 25.9 Å². The number of hydrogen-bond acceptors (Lipinski definition) is 3. The number of rotatable bonds is 6. The van der Waals surface area contributed by atoms with E-state index >= 15 is 0 Å². The topological polar surface area (TPSA) is 58.4 Å². The Kier molecular flexibility index (Phi) is 6.09. The van der Waals surface area contributed by atoms with Crippen LogP contribution in [0.4, 0.5) is 0 Å². The molecule has 0 aliphatic carbocycles. The van der Waals surface area contributed by atoms with Gasteiger partial charge < -0.3 is 16.0 Å². The van der Waals surface area contributed by atoms with Gasteiger partial charge in [-0.3, -0.25) is 4.79 Å². The molecule has 0 saturated carbocycles. The minimum absolute atomic E-state index is 0.0945. The summed E-state index contributed by atoms with van der Waals surface area (Å²) < 4.78 is 0. The Hall–Kier alpha value is -0.610. The van der Waals surface area contributed by atoms with Crippen LogP contribution in [0.25, 0.3) is 0 Å². The maximum absolute atomic E-state index is 12.0. The molecule has 0 bridgehead atoms. The van der Waals surface area contributed by atoms with Crippen LogP contribution in [0.15, 0.2) is 0 Å². The molecule has 1 heterocycles. The van der Waals surface area contributed by atoms with Crippen LogP contribution in [0.1, 0.15) is 46.5 Å². The highest BCUT2D eigenvalue weighted by Gasteiger charge is 2.29. The van der Waals surface area contributed by atoms with Gasteiger partial charge in [0, 0.05) is 25.7 Å². The van der Waals surface area contributed by atoms with Crippen LogP contribution >= 0.6 is 0 Å². The van der Waals surface area contributed by atoms with Crippen molar-refractivity contribution < 1.29 is 4.79 Å². The molecular formula is C14H29N3O. The van der Waals surface area contributed by atoms with E-state index in [2.05, 4.69) is 17.1 Å². The predicted octanol–water partition coefficient (Wildman–Crippen LogP) is 1.35. The molecule has 0 atom stereocenters. The van der Waals surface area contributed by atoms with Gasteiger partial charge in [-0.2, -0.15) is 0 Å². The molecule has 106 valence electrons. The highest BCUT2D eigenvalue weighted by Crippen LogP contribution is 2.16. The van der Waals surface area contributed by atoms with Crippen molar-refractivity contribution in [1.29, 1.82) is 0 Å². The van der Waals surface area contributed by atoms with Crippen LogP contribution in [0.5, 0.6) is 0 Å². The first-order valence-electron chi connectivity index (χ1n) is 7.23. The number of nitrogens with one attached hydrogen (secondary N) is 1. The minimum Gasteiger partial charge on any atom is -0.353 e. The zero-order valence-electron chi connectivity index (χ0n) is 12.2. The van der Waals surface area contributed by atoms with E-state index in [9.17, 15) is 4.79 Å². The fraction of sp³-hybridized carbons (Fsp3) is 0.929. The van der Waals surface area contributed by atoms with E-state index in [-0.39, 0.29) is 5.91 Å². The maximum Gasteiger partial charge on any atom is 0.227 e. The Morgan fingerprint density at radius 1 is 1.39 bits per heavy atom. The predicted molar refractivity (Wildman–Crippen MR) is 75.3 cm³/mol. The lowest BCUT2D eigenvalue weighted by Gasteiger charge is -2.34. The first-order chi connectivity index (χ1) is 8.49. The monoisotopic (exact) mass is 255 g/mol. The molecule has 0 radical (unpaired) electrons. The van der Waals surface area contributed by atoms with Crippen molar-refractivity contribution in [2.24, 2.45) is 11.1 Å². The van der Waals surface area contributed by atoms with Gasteiger partial charge in [0.15, 0.2) is 0 Å². The third-order valence-electron chi connectivity index (χ3n) is 3.88. The molecular weight excluding hydrogens is 226 g/mol. The minimum atomic E-state index is -0.445. The fourth-order valence-electron chi connectivity index (χ4n) is 2.16. The molecule has 1 aliphatic rings. The summed E-state index contributed by atoms with van der Waals surface area (Å²) in [6.45, 7) is 9.83. The molecule has 0 unspecified atom stereocenters. The number of nitrogens with two attached hydrogens (primary N) is 1. The molecule has 1 fully saturated rings. The maximum atomic E-state index is 12.0. The number of carbonyl (C=O) groups excluding carboxylic acids is 1. The van der Waals surface area contributed by atoms with E-state index in [0.29, 0.717) is 12.6 Å². The Labute approximate surface area is 111 Å². The first kappa shape index (κ1) is 15.4. The third-order valence-corrected chi connectivity index (χ3v) is 3.88. The first-order valence-corrected chi connectivity index (χ1v) is 7.23. The second-order valence-corrected chi connectivity index (χ2v) is 6.03. The molecule has 18 heavy (non-hydrogen) atoms. The van der Waals surface area contributed by atoms with Crippen molar-refractivity contribution in [2.45, 2.75) is 52.5 Å². The standard InChI is InChI=1S/C14H29N3O/c1-4-5-8-17-9-6-12(7-10-17)16-13(18)14(2,3)11-15/h12H,4-11,15H2,1-3H3,(H,16,18). The van der Waals surface area contributed by atoms with E-state index in [1.54, 1.807) is 0 Å². The summed E-state index contributed by atoms with van der Waals surface area (Å²) >= 11 is 0. The van der Waals surface area contributed by atoms with E-state index in [4.69, 9.17) is 5.73 Å². The number of piperidine rings is 1. The van der Waals surface area contributed by atoms with Crippen LogP contribution in [0.2, 0.25) is 0 Å². The quantitative estimate of drug-likeness (QED) is 0.753. The van der Waals surface area contributed by atoms with Crippen LogP contribution in [0, 0.1) is 5.41 Å². The number of hydrogen-bond donors (Lipinski definition) is 2. The number of likely N-dealkylation sites (tertiary alicyclic amines) is 1. The number of amides is 1. The van der Waals surface area contributed by atoms with Crippen LogP contribution in [-0.4, -0.2) is 43.0 Å². The molecule has 4 heteroatoms. The van der Waals surface area contributed by atoms with Crippen molar-refractivity contribution >= 4 is 5.91 Å². The van der Waals surface area contributed by atoms with Gasteiger partial charge in [0.1, 0.15) is 0 Å². The SMILES string of the molecule is CCCCN1CCC(NC(=O)C(C)(C)CN)CC1. The van der Waals surface area contributed by atoms with E-state index in [1.807, 2.05) is 13.8 Å². The Balaban J connectivity index is 2.29. The van der Waals surface area contributed by atoms with Gasteiger partial charge in [-0.05, 0) is 39.7 Å².